The van der Waals surface area contributed by atoms with E-state index in [1.54, 1.807) is 6.07 Å². The lowest BCUT2D eigenvalue weighted by molar-refractivity contribution is 0.0698. The Balaban J connectivity index is 2.29. The second-order valence-electron chi connectivity index (χ2n) is 3.54. The van der Waals surface area contributed by atoms with Crippen LogP contribution < -0.4 is 5.32 Å². The average Bonchev–Trinajstić information content (AvgIpc) is 2.41. The minimum Gasteiger partial charge on any atom is -0.478 e. The number of aromatic nitrogens is 2. The highest BCUT2D eigenvalue weighted by Gasteiger charge is 2.14. The molecule has 0 unspecified atom stereocenters. The normalized spacial score (nSPS) is 9.95. The lowest BCUT2D eigenvalue weighted by atomic mass is 10.2. The van der Waals surface area contributed by atoms with Crippen LogP contribution in [-0.4, -0.2) is 27.0 Å². The van der Waals surface area contributed by atoms with Gasteiger partial charge in [0.15, 0.2) is 0 Å². The van der Waals surface area contributed by atoms with Crippen molar-refractivity contribution in [3.63, 3.8) is 0 Å². The summed E-state index contributed by atoms with van der Waals surface area (Å²) in [7, 11) is 0. The van der Waals surface area contributed by atoms with E-state index in [0.29, 0.717) is 4.47 Å². The standard InChI is InChI=1S/C12H8BrN3O3/c13-7-1-2-9(8(5-7)12(18)19)16-11(17)10-6-14-3-4-15-10/h1-6H,(H,16,17)(H,18,19). The maximum Gasteiger partial charge on any atom is 0.337 e. The van der Waals surface area contributed by atoms with Crippen molar-refractivity contribution in [2.24, 2.45) is 0 Å². The Bertz CT molecular complexity index is 631. The first kappa shape index (κ1) is 13.2. The van der Waals surface area contributed by atoms with Gasteiger partial charge in [0, 0.05) is 16.9 Å². The van der Waals surface area contributed by atoms with Crippen molar-refractivity contribution >= 4 is 33.5 Å². The van der Waals surface area contributed by atoms with Crippen LogP contribution in [0.25, 0.3) is 0 Å². The summed E-state index contributed by atoms with van der Waals surface area (Å²) in [5, 5.41) is 11.6. The number of halogens is 1. The molecule has 2 rings (SSSR count). The fourth-order valence-corrected chi connectivity index (χ4v) is 1.77. The maximum atomic E-state index is 11.9. The van der Waals surface area contributed by atoms with Gasteiger partial charge in [0.1, 0.15) is 5.69 Å². The van der Waals surface area contributed by atoms with Gasteiger partial charge in [-0.15, -0.1) is 0 Å². The van der Waals surface area contributed by atoms with Crippen molar-refractivity contribution < 1.29 is 14.7 Å². The Morgan fingerprint density at radius 3 is 2.68 bits per heavy atom. The molecule has 0 aliphatic carbocycles. The highest BCUT2D eigenvalue weighted by Crippen LogP contribution is 2.21. The molecule has 0 saturated carbocycles. The average molecular weight is 322 g/mol. The van der Waals surface area contributed by atoms with Gasteiger partial charge in [0.05, 0.1) is 17.4 Å². The molecule has 0 aliphatic rings. The third-order valence-electron chi connectivity index (χ3n) is 2.26. The Labute approximate surface area is 116 Å². The quantitative estimate of drug-likeness (QED) is 0.904. The number of carbonyl (C=O) groups excluding carboxylic acids is 1. The van der Waals surface area contributed by atoms with Gasteiger partial charge in [-0.25, -0.2) is 9.78 Å². The molecule has 1 amide bonds. The first-order chi connectivity index (χ1) is 9.08. The molecule has 0 saturated heterocycles. The lowest BCUT2D eigenvalue weighted by Gasteiger charge is -2.08. The zero-order valence-corrected chi connectivity index (χ0v) is 11.1. The van der Waals surface area contributed by atoms with E-state index in [-0.39, 0.29) is 16.9 Å². The number of anilines is 1. The van der Waals surface area contributed by atoms with Crippen molar-refractivity contribution in [2.75, 3.05) is 5.32 Å². The molecule has 0 aliphatic heterocycles. The van der Waals surface area contributed by atoms with Gasteiger partial charge >= 0.3 is 5.97 Å². The first-order valence-corrected chi connectivity index (χ1v) is 5.97. The summed E-state index contributed by atoms with van der Waals surface area (Å²) in [6, 6.07) is 4.55. The number of hydrogen-bond donors (Lipinski definition) is 2. The molecular weight excluding hydrogens is 314 g/mol. The minimum absolute atomic E-state index is 0.00776. The van der Waals surface area contributed by atoms with E-state index < -0.39 is 11.9 Å². The number of carboxylic acids is 1. The Morgan fingerprint density at radius 2 is 2.05 bits per heavy atom. The lowest BCUT2D eigenvalue weighted by Crippen LogP contribution is -2.16. The van der Waals surface area contributed by atoms with Crippen molar-refractivity contribution in [3.05, 3.63) is 52.5 Å². The summed E-state index contributed by atoms with van der Waals surface area (Å²) in [6.07, 6.45) is 4.13. The summed E-state index contributed by atoms with van der Waals surface area (Å²) in [6.45, 7) is 0. The second-order valence-corrected chi connectivity index (χ2v) is 4.46. The Morgan fingerprint density at radius 1 is 1.26 bits per heavy atom. The van der Waals surface area contributed by atoms with E-state index in [1.165, 1.54) is 30.7 Å². The maximum absolute atomic E-state index is 11.9. The van der Waals surface area contributed by atoms with Crippen LogP contribution in [0, 0.1) is 0 Å². The van der Waals surface area contributed by atoms with Crippen LogP contribution in [0.4, 0.5) is 5.69 Å². The van der Waals surface area contributed by atoms with Crippen molar-refractivity contribution in [1.29, 1.82) is 0 Å². The van der Waals surface area contributed by atoms with Gasteiger partial charge < -0.3 is 10.4 Å². The van der Waals surface area contributed by atoms with Crippen molar-refractivity contribution in [1.82, 2.24) is 9.97 Å². The molecule has 0 fully saturated rings. The number of hydrogen-bond acceptors (Lipinski definition) is 4. The summed E-state index contributed by atoms with van der Waals surface area (Å²) in [5.74, 6) is -1.64. The topological polar surface area (TPSA) is 92.2 Å². The van der Waals surface area contributed by atoms with Crippen LogP contribution in [0.1, 0.15) is 20.8 Å². The third kappa shape index (κ3) is 3.14. The highest BCUT2D eigenvalue weighted by molar-refractivity contribution is 9.10. The molecule has 1 heterocycles. The number of carboxylic acid groups (broad SMARTS) is 1. The highest BCUT2D eigenvalue weighted by atomic mass is 79.9. The molecule has 96 valence electrons. The zero-order valence-electron chi connectivity index (χ0n) is 9.50. The first-order valence-electron chi connectivity index (χ1n) is 5.18. The monoisotopic (exact) mass is 321 g/mol. The van der Waals surface area contributed by atoms with Crippen LogP contribution in [0.15, 0.2) is 41.3 Å². The molecule has 2 N–H and O–H groups in total. The summed E-state index contributed by atoms with van der Waals surface area (Å²) in [4.78, 5) is 30.6. The number of amides is 1. The van der Waals surface area contributed by atoms with Gasteiger partial charge in [0.2, 0.25) is 0 Å². The fourth-order valence-electron chi connectivity index (χ4n) is 1.41. The van der Waals surface area contributed by atoms with Crippen LogP contribution in [0.2, 0.25) is 0 Å². The van der Waals surface area contributed by atoms with Crippen molar-refractivity contribution in [2.45, 2.75) is 0 Å². The molecule has 2 aromatic rings. The predicted molar refractivity (Wildman–Crippen MR) is 71.1 cm³/mol. The molecule has 1 aromatic carbocycles. The SMILES string of the molecule is O=C(Nc1ccc(Br)cc1C(=O)O)c1cnccn1. The smallest absolute Gasteiger partial charge is 0.337 e. The molecule has 19 heavy (non-hydrogen) atoms. The second kappa shape index (κ2) is 5.57. The van der Waals surface area contributed by atoms with Crippen LogP contribution in [0.5, 0.6) is 0 Å². The summed E-state index contributed by atoms with van der Waals surface area (Å²) < 4.78 is 0.613. The minimum atomic E-state index is -1.13. The van der Waals surface area contributed by atoms with E-state index in [4.69, 9.17) is 5.11 Å². The van der Waals surface area contributed by atoms with Gasteiger partial charge in [-0.05, 0) is 18.2 Å². The molecule has 0 atom stereocenters. The number of carbonyl (C=O) groups is 2. The van der Waals surface area contributed by atoms with Gasteiger partial charge in [-0.1, -0.05) is 15.9 Å². The van der Waals surface area contributed by atoms with E-state index >= 15 is 0 Å². The van der Waals surface area contributed by atoms with E-state index in [9.17, 15) is 9.59 Å². The number of rotatable bonds is 3. The van der Waals surface area contributed by atoms with E-state index in [1.807, 2.05) is 0 Å². The predicted octanol–water partition coefficient (Wildman–Crippen LogP) is 2.19. The fraction of sp³-hybridized carbons (Fsp3) is 0. The van der Waals surface area contributed by atoms with E-state index in [2.05, 4.69) is 31.2 Å². The summed E-state index contributed by atoms with van der Waals surface area (Å²) in [5.41, 5.74) is 0.305. The van der Waals surface area contributed by atoms with Crippen LogP contribution in [-0.2, 0) is 0 Å². The molecule has 1 aromatic heterocycles. The molecule has 0 radical (unpaired) electrons. The summed E-state index contributed by atoms with van der Waals surface area (Å²) >= 11 is 3.18. The Hall–Kier alpha value is -2.28. The Kier molecular flexibility index (Phi) is 3.86. The number of nitrogens with one attached hydrogen (secondary N) is 1. The van der Waals surface area contributed by atoms with Gasteiger partial charge in [0.25, 0.3) is 5.91 Å². The third-order valence-corrected chi connectivity index (χ3v) is 2.75. The largest absolute Gasteiger partial charge is 0.478 e. The molecule has 0 bridgehead atoms. The number of aromatic carboxylic acids is 1. The van der Waals surface area contributed by atoms with Gasteiger partial charge in [-0.2, -0.15) is 0 Å². The van der Waals surface area contributed by atoms with Gasteiger partial charge in [-0.3, -0.25) is 9.78 Å². The number of benzene rings is 1. The number of nitrogens with zero attached hydrogens (tertiary/aromatic N) is 2. The van der Waals surface area contributed by atoms with E-state index in [0.717, 1.165) is 0 Å². The van der Waals surface area contributed by atoms with Crippen molar-refractivity contribution in [3.8, 4) is 0 Å². The van der Waals surface area contributed by atoms with Crippen LogP contribution >= 0.6 is 15.9 Å². The molecule has 0 spiro atoms. The van der Waals surface area contributed by atoms with Crippen LogP contribution in [0.3, 0.4) is 0 Å². The molecule has 6 nitrogen and oxygen atoms in total. The molecular formula is C12H8BrN3O3. The molecule has 7 heteroatoms. The zero-order chi connectivity index (χ0) is 13.8.